The third-order valence-electron chi connectivity index (χ3n) is 1.53. The molecule has 1 aromatic rings. The van der Waals surface area contributed by atoms with Gasteiger partial charge in [0, 0.05) is 12.6 Å². The SMILES string of the molecule is CC(C)NNCc1ccccc1. The molecule has 0 atom stereocenters. The van der Waals surface area contributed by atoms with Crippen LogP contribution in [0.4, 0.5) is 0 Å². The smallest absolute Gasteiger partial charge is 0.0351 e. The van der Waals surface area contributed by atoms with Gasteiger partial charge in [0.05, 0.1) is 0 Å². The molecule has 0 aliphatic rings. The van der Waals surface area contributed by atoms with Crippen molar-refractivity contribution < 1.29 is 0 Å². The maximum atomic E-state index is 3.15. The lowest BCUT2D eigenvalue weighted by molar-refractivity contribution is 0.471. The first-order chi connectivity index (χ1) is 5.79. The van der Waals surface area contributed by atoms with Crippen LogP contribution in [0.15, 0.2) is 30.3 Å². The van der Waals surface area contributed by atoms with Crippen LogP contribution in [0.25, 0.3) is 0 Å². The first-order valence-corrected chi connectivity index (χ1v) is 4.31. The molecule has 66 valence electrons. The van der Waals surface area contributed by atoms with Gasteiger partial charge in [-0.3, -0.25) is 10.9 Å². The fourth-order valence-electron chi connectivity index (χ4n) is 0.953. The van der Waals surface area contributed by atoms with Gasteiger partial charge >= 0.3 is 0 Å². The Hall–Kier alpha value is -0.860. The monoisotopic (exact) mass is 164 g/mol. The molecule has 12 heavy (non-hydrogen) atoms. The molecule has 0 heterocycles. The number of rotatable bonds is 4. The minimum Gasteiger partial charge on any atom is -0.255 e. The summed E-state index contributed by atoms with van der Waals surface area (Å²) in [6.45, 7) is 5.09. The van der Waals surface area contributed by atoms with Crippen LogP contribution in [0.5, 0.6) is 0 Å². The van der Waals surface area contributed by atoms with Crippen molar-refractivity contribution in [3.8, 4) is 0 Å². The Kier molecular flexibility index (Phi) is 3.77. The highest BCUT2D eigenvalue weighted by Gasteiger charge is 1.91. The topological polar surface area (TPSA) is 24.1 Å². The van der Waals surface area contributed by atoms with Gasteiger partial charge in [-0.05, 0) is 19.4 Å². The van der Waals surface area contributed by atoms with E-state index in [-0.39, 0.29) is 0 Å². The highest BCUT2D eigenvalue weighted by Crippen LogP contribution is 1.96. The summed E-state index contributed by atoms with van der Waals surface area (Å²) >= 11 is 0. The van der Waals surface area contributed by atoms with Crippen LogP contribution in [-0.4, -0.2) is 6.04 Å². The van der Waals surface area contributed by atoms with Crippen molar-refractivity contribution in [3.63, 3.8) is 0 Å². The lowest BCUT2D eigenvalue weighted by Gasteiger charge is -2.09. The van der Waals surface area contributed by atoms with Gasteiger partial charge in [-0.2, -0.15) is 0 Å². The Morgan fingerprint density at radius 1 is 1.17 bits per heavy atom. The van der Waals surface area contributed by atoms with Crippen molar-refractivity contribution in [2.45, 2.75) is 26.4 Å². The number of nitrogens with one attached hydrogen (secondary N) is 2. The molecular formula is C10H16N2. The van der Waals surface area contributed by atoms with Gasteiger partial charge in [-0.1, -0.05) is 30.3 Å². The number of hydrogen-bond donors (Lipinski definition) is 2. The van der Waals surface area contributed by atoms with Gasteiger partial charge in [-0.15, -0.1) is 0 Å². The fraction of sp³-hybridized carbons (Fsp3) is 0.400. The normalized spacial score (nSPS) is 10.6. The van der Waals surface area contributed by atoms with E-state index < -0.39 is 0 Å². The van der Waals surface area contributed by atoms with Gasteiger partial charge < -0.3 is 0 Å². The second-order valence-corrected chi connectivity index (χ2v) is 3.14. The standard InChI is InChI=1S/C10H16N2/c1-9(2)12-11-8-10-6-4-3-5-7-10/h3-7,9,11-12H,8H2,1-2H3. The second-order valence-electron chi connectivity index (χ2n) is 3.14. The summed E-state index contributed by atoms with van der Waals surface area (Å²) in [5.74, 6) is 0. The zero-order valence-corrected chi connectivity index (χ0v) is 7.67. The Balaban J connectivity index is 2.25. The first-order valence-electron chi connectivity index (χ1n) is 4.31. The van der Waals surface area contributed by atoms with Crippen LogP contribution in [0.3, 0.4) is 0 Å². The van der Waals surface area contributed by atoms with Gasteiger partial charge in [0.1, 0.15) is 0 Å². The molecule has 0 aliphatic carbocycles. The minimum absolute atomic E-state index is 0.480. The summed E-state index contributed by atoms with van der Waals surface area (Å²) < 4.78 is 0. The fourth-order valence-corrected chi connectivity index (χ4v) is 0.953. The lowest BCUT2D eigenvalue weighted by atomic mass is 10.2. The third kappa shape index (κ3) is 3.51. The summed E-state index contributed by atoms with van der Waals surface area (Å²) in [7, 11) is 0. The van der Waals surface area contributed by atoms with Gasteiger partial charge in [0.2, 0.25) is 0 Å². The molecule has 0 fully saturated rings. The maximum absolute atomic E-state index is 3.15. The summed E-state index contributed by atoms with van der Waals surface area (Å²) in [5, 5.41) is 0. The van der Waals surface area contributed by atoms with Gasteiger partial charge in [0.25, 0.3) is 0 Å². The van der Waals surface area contributed by atoms with E-state index >= 15 is 0 Å². The molecule has 0 aliphatic heterocycles. The van der Waals surface area contributed by atoms with E-state index in [2.05, 4.69) is 36.8 Å². The zero-order chi connectivity index (χ0) is 8.81. The summed E-state index contributed by atoms with van der Waals surface area (Å²) in [6, 6.07) is 10.8. The van der Waals surface area contributed by atoms with Gasteiger partial charge in [-0.25, -0.2) is 0 Å². The van der Waals surface area contributed by atoms with Crippen LogP contribution in [0, 0.1) is 0 Å². The molecule has 0 saturated carbocycles. The molecule has 0 amide bonds. The van der Waals surface area contributed by atoms with E-state index in [0.29, 0.717) is 6.04 Å². The maximum Gasteiger partial charge on any atom is 0.0351 e. The van der Waals surface area contributed by atoms with Crippen LogP contribution in [-0.2, 0) is 6.54 Å². The molecular weight excluding hydrogens is 148 g/mol. The molecule has 2 N–H and O–H groups in total. The molecule has 0 aromatic heterocycles. The van der Waals surface area contributed by atoms with Crippen LogP contribution < -0.4 is 10.9 Å². The van der Waals surface area contributed by atoms with Crippen molar-refractivity contribution in [2.24, 2.45) is 0 Å². The van der Waals surface area contributed by atoms with E-state index in [1.54, 1.807) is 0 Å². The second kappa shape index (κ2) is 4.91. The molecule has 2 nitrogen and oxygen atoms in total. The Morgan fingerprint density at radius 3 is 2.42 bits per heavy atom. The third-order valence-corrected chi connectivity index (χ3v) is 1.53. The van der Waals surface area contributed by atoms with Crippen molar-refractivity contribution in [1.82, 2.24) is 10.9 Å². The summed E-state index contributed by atoms with van der Waals surface area (Å²) in [4.78, 5) is 0. The summed E-state index contributed by atoms with van der Waals surface area (Å²) in [5.41, 5.74) is 7.59. The van der Waals surface area contributed by atoms with Crippen LogP contribution in [0.2, 0.25) is 0 Å². The Bertz CT molecular complexity index is 206. The Morgan fingerprint density at radius 2 is 1.83 bits per heavy atom. The van der Waals surface area contributed by atoms with Crippen LogP contribution >= 0.6 is 0 Å². The van der Waals surface area contributed by atoms with E-state index in [9.17, 15) is 0 Å². The van der Waals surface area contributed by atoms with E-state index in [1.165, 1.54) is 5.56 Å². The van der Waals surface area contributed by atoms with Crippen molar-refractivity contribution in [3.05, 3.63) is 35.9 Å². The molecule has 0 spiro atoms. The van der Waals surface area contributed by atoms with Crippen LogP contribution in [0.1, 0.15) is 19.4 Å². The van der Waals surface area contributed by atoms with Crippen molar-refractivity contribution >= 4 is 0 Å². The molecule has 0 bridgehead atoms. The molecule has 1 aromatic carbocycles. The Labute approximate surface area is 74.0 Å². The minimum atomic E-state index is 0.480. The molecule has 0 saturated heterocycles. The zero-order valence-electron chi connectivity index (χ0n) is 7.67. The average molecular weight is 164 g/mol. The van der Waals surface area contributed by atoms with E-state index in [4.69, 9.17) is 0 Å². The molecule has 1 rings (SSSR count). The lowest BCUT2D eigenvalue weighted by Crippen LogP contribution is -2.36. The highest BCUT2D eigenvalue weighted by molar-refractivity contribution is 5.13. The quantitative estimate of drug-likeness (QED) is 0.662. The van der Waals surface area contributed by atoms with E-state index in [1.807, 2.05) is 18.2 Å². The van der Waals surface area contributed by atoms with Gasteiger partial charge in [0.15, 0.2) is 0 Å². The summed E-state index contributed by atoms with van der Waals surface area (Å²) in [6.07, 6.45) is 0. The number of hydrogen-bond acceptors (Lipinski definition) is 2. The predicted octanol–water partition coefficient (Wildman–Crippen LogP) is 1.69. The average Bonchev–Trinajstić information content (AvgIpc) is 2.05. The first kappa shape index (κ1) is 9.23. The molecule has 0 radical (unpaired) electrons. The number of hydrazine groups is 1. The van der Waals surface area contributed by atoms with Crippen molar-refractivity contribution in [1.29, 1.82) is 0 Å². The molecule has 0 unspecified atom stereocenters. The largest absolute Gasteiger partial charge is 0.255 e. The van der Waals surface area contributed by atoms with E-state index in [0.717, 1.165) is 6.54 Å². The predicted molar refractivity (Wildman–Crippen MR) is 51.6 cm³/mol. The number of benzene rings is 1. The molecule has 2 heteroatoms. The van der Waals surface area contributed by atoms with Crippen molar-refractivity contribution in [2.75, 3.05) is 0 Å². The highest BCUT2D eigenvalue weighted by atomic mass is 15.4.